The summed E-state index contributed by atoms with van der Waals surface area (Å²) in [6, 6.07) is 6.80. The maximum Gasteiger partial charge on any atom is 0.233 e. The van der Waals surface area contributed by atoms with Crippen molar-refractivity contribution < 1.29 is 18.7 Å². The molecule has 0 spiro atoms. The fourth-order valence-corrected chi connectivity index (χ4v) is 6.22. The lowest BCUT2D eigenvalue weighted by atomic mass is 10.1. The molecule has 3 atom stereocenters. The van der Waals surface area contributed by atoms with Gasteiger partial charge in [-0.1, -0.05) is 13.8 Å². The summed E-state index contributed by atoms with van der Waals surface area (Å²) in [7, 11) is 0. The Labute approximate surface area is 212 Å². The van der Waals surface area contributed by atoms with E-state index < -0.39 is 0 Å². The monoisotopic (exact) mass is 502 g/mol. The molecule has 37 heavy (non-hydrogen) atoms. The third-order valence-corrected chi connectivity index (χ3v) is 8.18. The number of amides is 2. The molecule has 2 amide bonds. The van der Waals surface area contributed by atoms with Gasteiger partial charge in [-0.05, 0) is 35.2 Å². The minimum Gasteiger partial charge on any atom is -0.374 e. The Morgan fingerprint density at radius 2 is 2.00 bits per heavy atom. The first kappa shape index (κ1) is 22.6. The molecule has 0 radical (unpaired) electrons. The summed E-state index contributed by atoms with van der Waals surface area (Å²) in [4.78, 5) is 31.6. The van der Waals surface area contributed by atoms with Gasteiger partial charge in [-0.15, -0.1) is 0 Å². The number of aromatic nitrogens is 4. The van der Waals surface area contributed by atoms with Gasteiger partial charge in [0.2, 0.25) is 11.8 Å². The van der Waals surface area contributed by atoms with Crippen LogP contribution in [0.5, 0.6) is 0 Å². The van der Waals surface area contributed by atoms with E-state index in [2.05, 4.69) is 20.0 Å². The highest BCUT2D eigenvalue weighted by Gasteiger charge is 2.72. The van der Waals surface area contributed by atoms with Gasteiger partial charge < -0.3 is 14.6 Å². The van der Waals surface area contributed by atoms with Crippen LogP contribution in [0.25, 0.3) is 27.7 Å². The lowest BCUT2D eigenvalue weighted by Crippen LogP contribution is -2.40. The smallest absolute Gasteiger partial charge is 0.233 e. The fraction of sp³-hybridized carbons (Fsp3) is 0.407. The van der Waals surface area contributed by atoms with Crippen LogP contribution in [0.1, 0.15) is 19.4 Å². The lowest BCUT2D eigenvalue weighted by Gasteiger charge is -2.24. The van der Waals surface area contributed by atoms with Gasteiger partial charge in [-0.2, -0.15) is 5.10 Å². The SMILES string of the molecule is CC1(C)C2C(=O)N(Cc3cc4c(-c5cc(F)cc6ccn(C[C@@H]7CNCCO7)c56)ncnn4c3)C(=O)C21. The maximum absolute atomic E-state index is 14.7. The zero-order valence-corrected chi connectivity index (χ0v) is 20.6. The van der Waals surface area contributed by atoms with Crippen molar-refractivity contribution in [1.82, 2.24) is 29.4 Å². The predicted octanol–water partition coefficient (Wildman–Crippen LogP) is 2.62. The van der Waals surface area contributed by atoms with Gasteiger partial charge in [0.15, 0.2) is 0 Å². The number of ether oxygens (including phenoxy) is 1. The van der Waals surface area contributed by atoms with Crippen LogP contribution >= 0.6 is 0 Å². The Hall–Kier alpha value is -3.63. The summed E-state index contributed by atoms with van der Waals surface area (Å²) in [6.07, 6.45) is 5.20. The molecule has 2 unspecified atom stereocenters. The van der Waals surface area contributed by atoms with Gasteiger partial charge in [0.05, 0.1) is 48.7 Å². The van der Waals surface area contributed by atoms with E-state index in [-0.39, 0.29) is 47.5 Å². The molecule has 5 heterocycles. The Morgan fingerprint density at radius 1 is 1.19 bits per heavy atom. The number of nitrogens with zero attached hydrogens (tertiary/aromatic N) is 5. The van der Waals surface area contributed by atoms with E-state index in [1.54, 1.807) is 10.7 Å². The molecule has 1 N–H and O–H groups in total. The number of piperidine rings is 1. The maximum atomic E-state index is 14.7. The zero-order valence-electron chi connectivity index (χ0n) is 20.6. The Bertz CT molecular complexity index is 1560. The summed E-state index contributed by atoms with van der Waals surface area (Å²) >= 11 is 0. The van der Waals surface area contributed by atoms with Gasteiger partial charge in [0, 0.05) is 36.4 Å². The third-order valence-electron chi connectivity index (χ3n) is 8.18. The Kier molecular flexibility index (Phi) is 4.84. The molecule has 0 bridgehead atoms. The first-order valence-electron chi connectivity index (χ1n) is 12.6. The van der Waals surface area contributed by atoms with E-state index in [1.165, 1.54) is 23.4 Å². The number of hydrogen-bond donors (Lipinski definition) is 1. The number of benzene rings is 1. The van der Waals surface area contributed by atoms with Crippen LogP contribution in [0.2, 0.25) is 0 Å². The highest BCUT2D eigenvalue weighted by molar-refractivity contribution is 6.10. The molecule has 3 aromatic heterocycles. The summed E-state index contributed by atoms with van der Waals surface area (Å²) in [5.41, 5.74) is 3.30. The summed E-state index contributed by atoms with van der Waals surface area (Å²) in [5, 5.41) is 8.47. The number of rotatable bonds is 5. The summed E-state index contributed by atoms with van der Waals surface area (Å²) < 4.78 is 24.4. The molecule has 1 aromatic carbocycles. The van der Waals surface area contributed by atoms with E-state index in [0.29, 0.717) is 29.9 Å². The molecule has 1 aliphatic carbocycles. The Morgan fingerprint density at radius 3 is 2.76 bits per heavy atom. The topological polar surface area (TPSA) is 93.8 Å². The molecule has 10 heteroatoms. The molecular formula is C27H27FN6O3. The molecular weight excluding hydrogens is 475 g/mol. The average molecular weight is 503 g/mol. The van der Waals surface area contributed by atoms with Crippen molar-refractivity contribution in [3.8, 4) is 11.3 Å². The number of carbonyl (C=O) groups excluding carboxylic acids is 2. The second-order valence-electron chi connectivity index (χ2n) is 10.9. The van der Waals surface area contributed by atoms with Crippen LogP contribution in [0.15, 0.2) is 43.0 Å². The van der Waals surface area contributed by atoms with E-state index in [4.69, 9.17) is 4.74 Å². The Balaban J connectivity index is 1.27. The quantitative estimate of drug-likeness (QED) is 0.422. The molecule has 190 valence electrons. The summed E-state index contributed by atoms with van der Waals surface area (Å²) in [6.45, 7) is 7.00. The molecule has 1 saturated carbocycles. The van der Waals surface area contributed by atoms with Crippen LogP contribution < -0.4 is 5.32 Å². The number of fused-ring (bicyclic) bond motifs is 3. The number of nitrogens with one attached hydrogen (secondary N) is 1. The van der Waals surface area contributed by atoms with Gasteiger partial charge >= 0.3 is 0 Å². The van der Waals surface area contributed by atoms with Crippen molar-refractivity contribution in [2.45, 2.75) is 33.0 Å². The van der Waals surface area contributed by atoms with Crippen LogP contribution in [-0.4, -0.2) is 61.7 Å². The zero-order chi connectivity index (χ0) is 25.5. The number of hydrogen-bond acceptors (Lipinski definition) is 6. The predicted molar refractivity (Wildman–Crippen MR) is 133 cm³/mol. The molecule has 3 fully saturated rings. The summed E-state index contributed by atoms with van der Waals surface area (Å²) in [5.74, 6) is -1.00. The highest BCUT2D eigenvalue weighted by Crippen LogP contribution is 2.63. The number of likely N-dealkylation sites (tertiary alicyclic amines) is 1. The number of imide groups is 1. The van der Waals surface area contributed by atoms with Crippen molar-refractivity contribution >= 4 is 28.2 Å². The average Bonchev–Trinajstić information content (AvgIpc) is 3.23. The fourth-order valence-electron chi connectivity index (χ4n) is 6.22. The van der Waals surface area contributed by atoms with Crippen molar-refractivity contribution in [3.63, 3.8) is 0 Å². The van der Waals surface area contributed by atoms with Crippen LogP contribution in [-0.2, 0) is 27.4 Å². The number of morpholine rings is 1. The number of halogens is 1. The van der Waals surface area contributed by atoms with E-state index in [9.17, 15) is 14.0 Å². The van der Waals surface area contributed by atoms with E-state index in [0.717, 1.165) is 29.6 Å². The molecule has 7 rings (SSSR count). The lowest BCUT2D eigenvalue weighted by molar-refractivity contribution is -0.143. The van der Waals surface area contributed by atoms with Crippen LogP contribution in [0.3, 0.4) is 0 Å². The minimum absolute atomic E-state index is 0.0132. The standard InChI is InChI=1S/C27H27FN6O3/c1-27(2)21-22(27)26(36)33(25(21)35)11-15-7-20-23(30-14-31-34(20)12-15)19-9-17(28)8-16-3-5-32(24(16)19)13-18-10-29-4-6-37-18/h3,5,7-9,12,14,18,21-22,29H,4,6,10-11,13H2,1-2H3/t18-,21?,22?/m0/s1. The molecule has 3 aliphatic rings. The number of carbonyl (C=O) groups is 2. The van der Waals surface area contributed by atoms with Gasteiger partial charge in [-0.3, -0.25) is 14.5 Å². The third kappa shape index (κ3) is 3.42. The minimum atomic E-state index is -0.352. The van der Waals surface area contributed by atoms with Crippen molar-refractivity contribution in [3.05, 3.63) is 54.4 Å². The largest absolute Gasteiger partial charge is 0.374 e. The highest BCUT2D eigenvalue weighted by atomic mass is 19.1. The van der Waals surface area contributed by atoms with Crippen molar-refractivity contribution in [2.24, 2.45) is 17.3 Å². The van der Waals surface area contributed by atoms with Gasteiger partial charge in [0.25, 0.3) is 0 Å². The molecule has 4 aromatic rings. The molecule has 2 saturated heterocycles. The van der Waals surface area contributed by atoms with Crippen molar-refractivity contribution in [2.75, 3.05) is 19.7 Å². The molecule has 9 nitrogen and oxygen atoms in total. The molecule has 2 aliphatic heterocycles. The van der Waals surface area contributed by atoms with Gasteiger partial charge in [-0.25, -0.2) is 13.9 Å². The second kappa shape index (κ2) is 7.93. The first-order chi connectivity index (χ1) is 17.8. The normalized spacial score (nSPS) is 24.8. The van der Waals surface area contributed by atoms with Crippen molar-refractivity contribution in [1.29, 1.82) is 0 Å². The van der Waals surface area contributed by atoms with Gasteiger partial charge in [0.1, 0.15) is 17.8 Å². The van der Waals surface area contributed by atoms with Crippen LogP contribution in [0, 0.1) is 23.1 Å². The first-order valence-corrected chi connectivity index (χ1v) is 12.6. The van der Waals surface area contributed by atoms with E-state index >= 15 is 0 Å². The van der Waals surface area contributed by atoms with Crippen LogP contribution in [0.4, 0.5) is 4.39 Å². The second-order valence-corrected chi connectivity index (χ2v) is 10.9. The van der Waals surface area contributed by atoms with E-state index in [1.807, 2.05) is 32.2 Å².